The molecule has 0 aromatic heterocycles. The maximum atomic E-state index is 12.1. The molecule has 26 heteroatoms. The lowest BCUT2D eigenvalue weighted by atomic mass is 9.83. The molecule has 0 unspecified atom stereocenters. The van der Waals surface area contributed by atoms with Gasteiger partial charge in [-0.1, -0.05) is 147 Å². The molecule has 2 saturated heterocycles. The molecule has 73 heavy (non-hydrogen) atoms. The SMILES string of the molecule is [N-]=[N+]=NC[C@H]1O[C@H](O[C@H]2[C@H](OCc3ccccc3)[C@@H](O[C@H]3O[C@H](COC(N)=O)[C@@H](OCc4ccccc4)[C@H](N=[N+]=[N-])[C@H]3OCc3ccccc3)[C@H](N=[N+]=[N-])C[C@@H]2N=[N+]=[N-])[C@H](N=[N+]=[N-])C[C@@H]1OCc1ccccc1. The zero-order valence-corrected chi connectivity index (χ0v) is 39.2. The lowest BCUT2D eigenvalue weighted by Crippen LogP contribution is -2.65. The van der Waals surface area contributed by atoms with E-state index < -0.39 is 98.3 Å². The molecule has 4 aromatic rings. The summed E-state index contributed by atoms with van der Waals surface area (Å²) >= 11 is 0. The Kier molecular flexibility index (Phi) is 20.3. The summed E-state index contributed by atoms with van der Waals surface area (Å²) in [4.78, 5) is 27.5. The molecule has 26 nitrogen and oxygen atoms in total. The molecular formula is C47H52N16O10. The van der Waals surface area contributed by atoms with Crippen LogP contribution in [0.1, 0.15) is 35.1 Å². The number of ether oxygens (including phenoxy) is 9. The van der Waals surface area contributed by atoms with Crippen LogP contribution in [0.4, 0.5) is 4.79 Å². The van der Waals surface area contributed by atoms with Crippen LogP contribution < -0.4 is 5.73 Å². The van der Waals surface area contributed by atoms with Gasteiger partial charge < -0.3 is 48.4 Å². The van der Waals surface area contributed by atoms with Gasteiger partial charge >= 0.3 is 6.09 Å². The number of nitrogens with zero attached hydrogens (tertiary/aromatic N) is 15. The Labute approximate surface area is 417 Å². The average Bonchev–Trinajstić information content (AvgIpc) is 3.41. The van der Waals surface area contributed by atoms with E-state index in [1.54, 1.807) is 12.1 Å². The van der Waals surface area contributed by atoms with Gasteiger partial charge in [0.25, 0.3) is 0 Å². The predicted molar refractivity (Wildman–Crippen MR) is 258 cm³/mol. The van der Waals surface area contributed by atoms with Gasteiger partial charge in [0.05, 0.1) is 87.7 Å². The molecule has 1 amide bonds. The van der Waals surface area contributed by atoms with E-state index in [1.165, 1.54) is 0 Å². The van der Waals surface area contributed by atoms with Crippen LogP contribution in [0.5, 0.6) is 0 Å². The standard InChI is InChI=1S/C47H52N16O10/c48-47(64)69-28-38-42(66-25-30-15-7-2-8-16-30)39(58-63-53)43(67-26-31-17-9-3-10-18-31)46(71-38)73-41-34(56-61-51)21-33(55-60-50)40(44(41)68-27-32-19-11-4-12-20-32)72-45-35(57-62-52)22-36(37(70-45)23-54-59-49)65-24-29-13-5-1-6-14-29/h1-20,33-46H,21-28H2,(H2,48,64)/t33-,34+,35+,36-,37+,38+,39-,40+,41-,42+,43+,44-,45+,46+/m0/s1. The number of hydrogen-bond acceptors (Lipinski definition) is 15. The number of nitrogens with two attached hydrogens (primary N) is 1. The molecule has 1 aliphatic carbocycles. The molecule has 2 N–H and O–H groups in total. The number of carbonyl (C=O) groups excluding carboxylic acids is 1. The summed E-state index contributed by atoms with van der Waals surface area (Å²) in [5, 5.41) is 20.2. The topological polar surface area (TPSA) is 370 Å². The Balaban J connectivity index is 1.28. The monoisotopic (exact) mass is 1000 g/mol. The minimum Gasteiger partial charge on any atom is -0.447 e. The lowest BCUT2D eigenvalue weighted by Gasteiger charge is -2.50. The van der Waals surface area contributed by atoms with Crippen molar-refractivity contribution < 1.29 is 47.4 Å². The first-order valence-corrected chi connectivity index (χ1v) is 23.2. The molecule has 4 aromatic carbocycles. The van der Waals surface area contributed by atoms with Crippen LogP contribution in [0.15, 0.2) is 147 Å². The van der Waals surface area contributed by atoms with E-state index in [2.05, 4.69) is 50.1 Å². The summed E-state index contributed by atoms with van der Waals surface area (Å²) in [7, 11) is 0. The van der Waals surface area contributed by atoms with Crippen molar-refractivity contribution in [1.82, 2.24) is 0 Å². The van der Waals surface area contributed by atoms with Crippen LogP contribution in [0, 0.1) is 0 Å². The Morgan fingerprint density at radius 1 is 0.507 bits per heavy atom. The molecule has 0 spiro atoms. The zero-order valence-electron chi connectivity index (χ0n) is 39.2. The normalized spacial score (nSPS) is 28.5. The summed E-state index contributed by atoms with van der Waals surface area (Å²) in [5.74, 6) is 0. The van der Waals surface area contributed by atoms with Gasteiger partial charge in [0.1, 0.15) is 24.9 Å². The van der Waals surface area contributed by atoms with Crippen molar-refractivity contribution in [3.05, 3.63) is 196 Å². The van der Waals surface area contributed by atoms with Crippen LogP contribution in [0.3, 0.4) is 0 Å². The summed E-state index contributed by atoms with van der Waals surface area (Å²) in [6.45, 7) is -0.667. The Bertz CT molecular complexity index is 2620. The number of rotatable bonds is 24. The highest BCUT2D eigenvalue weighted by molar-refractivity contribution is 5.64. The van der Waals surface area contributed by atoms with Gasteiger partial charge in [0.2, 0.25) is 0 Å². The third-order valence-corrected chi connectivity index (χ3v) is 12.3. The Morgan fingerprint density at radius 3 is 1.42 bits per heavy atom. The van der Waals surface area contributed by atoms with Gasteiger partial charge in [-0.15, -0.1) is 0 Å². The Morgan fingerprint density at radius 2 is 0.945 bits per heavy atom. The number of amides is 1. The molecule has 0 radical (unpaired) electrons. The summed E-state index contributed by atoms with van der Waals surface area (Å²) in [6, 6.07) is 32.0. The van der Waals surface area contributed by atoms with Crippen LogP contribution in [0.25, 0.3) is 52.2 Å². The van der Waals surface area contributed by atoms with Crippen LogP contribution in [0.2, 0.25) is 0 Å². The van der Waals surface area contributed by atoms with Crippen LogP contribution in [-0.4, -0.2) is 105 Å². The highest BCUT2D eigenvalue weighted by Gasteiger charge is 2.54. The first-order valence-electron chi connectivity index (χ1n) is 23.2. The fourth-order valence-corrected chi connectivity index (χ4v) is 8.88. The second-order valence-electron chi connectivity index (χ2n) is 16.9. The summed E-state index contributed by atoms with van der Waals surface area (Å²) in [6.07, 6.45) is -13.6. The summed E-state index contributed by atoms with van der Waals surface area (Å²) < 4.78 is 58.1. The largest absolute Gasteiger partial charge is 0.447 e. The number of carbonyl (C=O) groups is 1. The average molecular weight is 1000 g/mol. The number of hydrogen-bond donors (Lipinski definition) is 1. The summed E-state index contributed by atoms with van der Waals surface area (Å²) in [5.41, 5.74) is 57.9. The quantitative estimate of drug-likeness (QED) is 0.0393. The third kappa shape index (κ3) is 15.0. The maximum Gasteiger partial charge on any atom is 0.404 e. The van der Waals surface area contributed by atoms with E-state index in [0.29, 0.717) is 5.56 Å². The first-order chi connectivity index (χ1) is 35.8. The van der Waals surface area contributed by atoms with Gasteiger partial charge in [-0.25, -0.2) is 4.79 Å². The molecule has 380 valence electrons. The van der Waals surface area contributed by atoms with E-state index in [-0.39, 0.29) is 45.8 Å². The first kappa shape index (κ1) is 53.2. The number of benzene rings is 4. The van der Waals surface area contributed by atoms with Crippen molar-refractivity contribution >= 4 is 6.09 Å². The zero-order chi connectivity index (χ0) is 51.2. The smallest absolute Gasteiger partial charge is 0.404 e. The van der Waals surface area contributed by atoms with Crippen molar-refractivity contribution in [2.24, 2.45) is 31.3 Å². The molecule has 2 aliphatic heterocycles. The highest BCUT2D eigenvalue weighted by Crippen LogP contribution is 2.39. The van der Waals surface area contributed by atoms with E-state index in [1.807, 2.05) is 109 Å². The fraction of sp³-hybridized carbons (Fsp3) is 0.468. The molecule has 0 bridgehead atoms. The Hall–Kier alpha value is -7.62. The van der Waals surface area contributed by atoms with Gasteiger partial charge in [0.15, 0.2) is 12.6 Å². The second kappa shape index (κ2) is 27.8. The van der Waals surface area contributed by atoms with Gasteiger partial charge in [-0.2, -0.15) is 0 Å². The lowest BCUT2D eigenvalue weighted by molar-refractivity contribution is -0.328. The minimum absolute atomic E-state index is 0.0107. The van der Waals surface area contributed by atoms with Crippen LogP contribution in [-0.2, 0) is 69.1 Å². The van der Waals surface area contributed by atoms with Crippen molar-refractivity contribution in [3.8, 4) is 0 Å². The minimum atomic E-state index is -1.55. The maximum absolute atomic E-state index is 12.1. The van der Waals surface area contributed by atoms with E-state index in [4.69, 9.17) is 48.4 Å². The van der Waals surface area contributed by atoms with Crippen molar-refractivity contribution in [3.63, 3.8) is 0 Å². The fourth-order valence-electron chi connectivity index (χ4n) is 8.88. The van der Waals surface area contributed by atoms with Crippen molar-refractivity contribution in [1.29, 1.82) is 0 Å². The van der Waals surface area contributed by atoms with Crippen molar-refractivity contribution in [2.75, 3.05) is 13.2 Å². The second-order valence-corrected chi connectivity index (χ2v) is 16.9. The van der Waals surface area contributed by atoms with Crippen molar-refractivity contribution in [2.45, 2.75) is 125 Å². The van der Waals surface area contributed by atoms with Gasteiger partial charge in [0, 0.05) is 24.6 Å². The highest BCUT2D eigenvalue weighted by atomic mass is 16.7. The van der Waals surface area contributed by atoms with Gasteiger partial charge in [-0.3, -0.25) is 0 Å². The molecule has 1 saturated carbocycles. The molecule has 2 heterocycles. The van der Waals surface area contributed by atoms with E-state index >= 15 is 0 Å². The number of primary amides is 1. The molecule has 14 atom stereocenters. The molecule has 7 rings (SSSR count). The van der Waals surface area contributed by atoms with Crippen LogP contribution >= 0.6 is 0 Å². The molecular weight excluding hydrogens is 949 g/mol. The third-order valence-electron chi connectivity index (χ3n) is 12.3. The number of azide groups is 5. The van der Waals surface area contributed by atoms with E-state index in [9.17, 15) is 32.5 Å². The molecule has 3 fully saturated rings. The predicted octanol–water partition coefficient (Wildman–Crippen LogP) is 9.46. The van der Waals surface area contributed by atoms with E-state index in [0.717, 1.165) is 16.7 Å². The van der Waals surface area contributed by atoms with Gasteiger partial charge in [-0.05, 0) is 62.8 Å². The molecule has 3 aliphatic rings.